The molecule has 0 bridgehead atoms. The first-order chi connectivity index (χ1) is 21.8. The van der Waals surface area contributed by atoms with Crippen molar-refractivity contribution in [3.8, 4) is 12.3 Å². The minimum absolute atomic E-state index is 0.144. The van der Waals surface area contributed by atoms with Crippen LogP contribution in [0.3, 0.4) is 0 Å². The van der Waals surface area contributed by atoms with Gasteiger partial charge in [-0.25, -0.2) is 8.98 Å². The van der Waals surface area contributed by atoms with Gasteiger partial charge in [0.2, 0.25) is 9.70 Å². The van der Waals surface area contributed by atoms with Gasteiger partial charge in [0.25, 0.3) is 0 Å². The topological polar surface area (TPSA) is 150 Å². The van der Waals surface area contributed by atoms with E-state index in [-0.39, 0.29) is 24.0 Å². The fourth-order valence-electron chi connectivity index (χ4n) is 6.16. The predicted octanol–water partition coefficient (Wildman–Crippen LogP) is 4.99. The maximum atomic E-state index is 13.3. The highest BCUT2D eigenvalue weighted by Gasteiger charge is 2.57. The fourth-order valence-corrected chi connectivity index (χ4v) is 7.78. The number of amides is 1. The number of allylic oxidation sites excluding steroid dienone is 1. The van der Waals surface area contributed by atoms with Crippen LogP contribution in [0.2, 0.25) is 0 Å². The summed E-state index contributed by atoms with van der Waals surface area (Å²) in [4.78, 5) is 37.2. The van der Waals surface area contributed by atoms with E-state index in [9.17, 15) is 22.8 Å². The zero-order chi connectivity index (χ0) is 35.2. The van der Waals surface area contributed by atoms with E-state index >= 15 is 0 Å². The van der Waals surface area contributed by atoms with Crippen LogP contribution in [0.4, 0.5) is 0 Å². The van der Waals surface area contributed by atoms with Gasteiger partial charge < -0.3 is 19.5 Å². The van der Waals surface area contributed by atoms with Crippen LogP contribution >= 0.6 is 34.8 Å². The highest BCUT2D eigenvalue weighted by atomic mass is 35.6. The summed E-state index contributed by atoms with van der Waals surface area (Å²) in [7, 11) is -4.57. The van der Waals surface area contributed by atoms with Crippen LogP contribution in [0.25, 0.3) is 0 Å². The molecule has 3 aliphatic rings. The number of carbonyl (C=O) groups is 3. The molecular weight excluding hydrogens is 695 g/mol. The lowest BCUT2D eigenvalue weighted by Crippen LogP contribution is -2.44. The number of esters is 2. The molecule has 0 aromatic heterocycles. The summed E-state index contributed by atoms with van der Waals surface area (Å²) in [6, 6.07) is -0.786. The minimum Gasteiger partial charge on any atom is -0.458 e. The van der Waals surface area contributed by atoms with Gasteiger partial charge >= 0.3 is 22.2 Å². The molecule has 0 saturated carbocycles. The maximum Gasteiger partial charge on any atom is 0.336 e. The molecule has 0 aromatic rings. The zero-order valence-corrected chi connectivity index (χ0v) is 30.3. The minimum atomic E-state index is -4.57. The van der Waals surface area contributed by atoms with E-state index in [0.29, 0.717) is 51.5 Å². The molecule has 1 aliphatic carbocycles. The Labute approximate surface area is 293 Å². The lowest BCUT2D eigenvalue weighted by atomic mass is 9.81. The summed E-state index contributed by atoms with van der Waals surface area (Å²) in [5.74, 6) is 0.348. The smallest absolute Gasteiger partial charge is 0.336 e. The van der Waals surface area contributed by atoms with Crippen molar-refractivity contribution in [3.05, 3.63) is 23.8 Å². The summed E-state index contributed by atoms with van der Waals surface area (Å²) in [6.07, 6.45) is 7.55. The maximum absolute atomic E-state index is 13.3. The monoisotopic (exact) mass is 738 g/mol. The van der Waals surface area contributed by atoms with Gasteiger partial charge in [-0.15, -0.1) is 12.3 Å². The molecule has 11 nitrogen and oxygen atoms in total. The highest BCUT2D eigenvalue weighted by Crippen LogP contribution is 2.48. The largest absolute Gasteiger partial charge is 0.458 e. The first-order valence-electron chi connectivity index (χ1n) is 15.7. The number of rotatable bonds is 11. The summed E-state index contributed by atoms with van der Waals surface area (Å²) < 4.78 is 49.8. The average Bonchev–Trinajstić information content (AvgIpc) is 3.49. The summed E-state index contributed by atoms with van der Waals surface area (Å²) in [6.45, 7) is 11.3. The summed E-state index contributed by atoms with van der Waals surface area (Å²) in [5, 5.41) is 2.65. The number of alkyl halides is 3. The first kappa shape index (κ1) is 39.6. The third-order valence-corrected chi connectivity index (χ3v) is 10.5. The molecule has 1 unspecified atom stereocenters. The Morgan fingerprint density at radius 2 is 2.00 bits per heavy atom. The lowest BCUT2D eigenvalue weighted by Gasteiger charge is -2.31. The van der Waals surface area contributed by atoms with E-state index < -0.39 is 74.2 Å². The van der Waals surface area contributed by atoms with Crippen LogP contribution in [0, 0.1) is 24.2 Å². The number of ether oxygens (including phenoxy) is 3. The van der Waals surface area contributed by atoms with Crippen molar-refractivity contribution in [1.29, 1.82) is 0 Å². The van der Waals surface area contributed by atoms with Crippen LogP contribution in [0.5, 0.6) is 0 Å². The van der Waals surface area contributed by atoms with Crippen LogP contribution in [0.1, 0.15) is 85.5 Å². The predicted molar refractivity (Wildman–Crippen MR) is 179 cm³/mol. The summed E-state index contributed by atoms with van der Waals surface area (Å²) in [5.41, 5.74) is 0.383. The van der Waals surface area contributed by atoms with Gasteiger partial charge in [-0.1, -0.05) is 60.0 Å². The van der Waals surface area contributed by atoms with Crippen LogP contribution < -0.4 is 10.0 Å². The quantitative estimate of drug-likeness (QED) is 0.0569. The normalized spacial score (nSPS) is 31.9. The molecule has 8 atom stereocenters. The van der Waals surface area contributed by atoms with Crippen molar-refractivity contribution in [2.24, 2.45) is 11.8 Å². The number of terminal acetylenes is 1. The lowest BCUT2D eigenvalue weighted by molar-refractivity contribution is -0.165. The van der Waals surface area contributed by atoms with Crippen LogP contribution in [0.15, 0.2) is 23.8 Å². The molecule has 0 aromatic carbocycles. The second kappa shape index (κ2) is 16.7. The molecule has 2 fully saturated rings. The SMILES string of the molecule is C#CCCCCNC(=O)C[C@@H](OS(=O)(=O)NC1/C=C(\C)CCC[C@H](C)[C@@H](OC(C)=O)[C@@H]2OC(=O)C(=C)[C@@H]2C[C@H]2O[C@]2(C)C1)C(Cl)(Cl)Cl. The van der Waals surface area contributed by atoms with E-state index in [1.54, 1.807) is 6.08 Å². The number of halogens is 3. The third-order valence-electron chi connectivity index (χ3n) is 8.73. The van der Waals surface area contributed by atoms with E-state index in [2.05, 4.69) is 22.5 Å². The zero-order valence-electron chi connectivity index (χ0n) is 27.2. The molecule has 2 N–H and O–H groups in total. The van der Waals surface area contributed by atoms with E-state index in [0.717, 1.165) is 5.57 Å². The van der Waals surface area contributed by atoms with Crippen molar-refractivity contribution in [1.82, 2.24) is 10.0 Å². The third kappa shape index (κ3) is 11.9. The molecule has 1 amide bonds. The average molecular weight is 740 g/mol. The number of epoxide rings is 1. The molecule has 0 radical (unpaired) electrons. The van der Waals surface area contributed by atoms with E-state index in [1.165, 1.54) is 6.92 Å². The Kier molecular flexibility index (Phi) is 14.1. The molecule has 2 heterocycles. The van der Waals surface area contributed by atoms with Gasteiger partial charge in [-0.05, 0) is 64.7 Å². The Balaban J connectivity index is 1.79. The van der Waals surface area contributed by atoms with Crippen molar-refractivity contribution in [3.63, 3.8) is 0 Å². The molecule has 2 aliphatic heterocycles. The van der Waals surface area contributed by atoms with Gasteiger partial charge in [0.1, 0.15) is 18.3 Å². The fraction of sp³-hybridized carbons (Fsp3) is 0.719. The Hall–Kier alpha value is -1.85. The Morgan fingerprint density at radius 3 is 2.64 bits per heavy atom. The number of hydrogen-bond acceptors (Lipinski definition) is 9. The van der Waals surface area contributed by atoms with Gasteiger partial charge in [0, 0.05) is 37.4 Å². The molecule has 15 heteroatoms. The van der Waals surface area contributed by atoms with Crippen LogP contribution in [-0.2, 0) is 43.1 Å². The van der Waals surface area contributed by atoms with Gasteiger partial charge in [-0.3, -0.25) is 9.59 Å². The molecule has 264 valence electrons. The van der Waals surface area contributed by atoms with Crippen molar-refractivity contribution < 1.29 is 41.2 Å². The molecular formula is C32H45Cl3N2O9S. The number of nitrogens with one attached hydrogen (secondary N) is 2. The summed E-state index contributed by atoms with van der Waals surface area (Å²) >= 11 is 18.1. The standard InChI is InChI=1S/C32H45Cl3N2O9S/c1-7-8-9-10-14-36-27(39)17-26(32(33,34)35)46-47(41,42)37-23-15-19(2)12-11-13-20(3)28(43-22(5)38)29-24(21(4)30(40)44-29)16-25-31(6,18-23)45-25/h1,15,20,23-26,28-29,37H,4,8-14,16-18H2,2-3,5-6H3,(H,36,39)/b19-15+/t20-,23?,24-,25+,26+,28+,29+,31+/m0/s1. The number of carbonyl (C=O) groups excluding carboxylic acids is 3. The molecule has 2 saturated heterocycles. The highest BCUT2D eigenvalue weighted by molar-refractivity contribution is 7.84. The second-order valence-electron chi connectivity index (χ2n) is 12.8. The number of fused-ring (bicyclic) bond motifs is 2. The van der Waals surface area contributed by atoms with Gasteiger partial charge in [0.05, 0.1) is 18.1 Å². The molecule has 47 heavy (non-hydrogen) atoms. The van der Waals surface area contributed by atoms with Crippen molar-refractivity contribution in [2.75, 3.05) is 6.54 Å². The van der Waals surface area contributed by atoms with Gasteiger partial charge in [0.15, 0.2) is 0 Å². The Bertz CT molecular complexity index is 1360. The number of unbranched alkanes of at least 4 members (excludes halogenated alkanes) is 2. The van der Waals surface area contributed by atoms with Crippen molar-refractivity contribution >= 4 is 63.0 Å². The van der Waals surface area contributed by atoms with E-state index in [4.69, 9.17) is 59.6 Å². The first-order valence-corrected chi connectivity index (χ1v) is 18.3. The molecule has 3 rings (SSSR count). The second-order valence-corrected chi connectivity index (χ2v) is 16.5. The Morgan fingerprint density at radius 1 is 1.30 bits per heavy atom. The molecule has 0 spiro atoms. The van der Waals surface area contributed by atoms with Crippen molar-refractivity contribution in [2.45, 2.75) is 125 Å². The van der Waals surface area contributed by atoms with Crippen LogP contribution in [-0.4, -0.2) is 72.7 Å². The number of hydrogen-bond donors (Lipinski definition) is 2. The van der Waals surface area contributed by atoms with Gasteiger partial charge in [-0.2, -0.15) is 13.1 Å². The van der Waals surface area contributed by atoms with E-state index in [1.807, 2.05) is 20.8 Å².